The highest BCUT2D eigenvalue weighted by Crippen LogP contribution is 2.25. The second kappa shape index (κ2) is 6.10. The lowest BCUT2D eigenvalue weighted by Gasteiger charge is -2.11. The number of methoxy groups -OCH3 is 1. The fraction of sp³-hybridized carbons (Fsp3) is 0.125. The Morgan fingerprint density at radius 2 is 2.00 bits per heavy atom. The second-order valence-electron chi connectivity index (χ2n) is 4.55. The van der Waals surface area contributed by atoms with E-state index in [1.54, 1.807) is 13.4 Å². The average Bonchev–Trinajstić information content (AvgIpc) is 2.53. The van der Waals surface area contributed by atoms with Gasteiger partial charge in [-0.3, -0.25) is 0 Å². The van der Waals surface area contributed by atoms with Gasteiger partial charge in [0.1, 0.15) is 17.9 Å². The van der Waals surface area contributed by atoms with Crippen molar-refractivity contribution in [3.63, 3.8) is 0 Å². The van der Waals surface area contributed by atoms with Crippen LogP contribution in [-0.4, -0.2) is 17.1 Å². The first-order valence-corrected chi connectivity index (χ1v) is 7.33. The summed E-state index contributed by atoms with van der Waals surface area (Å²) in [6.45, 7) is 0.642. The van der Waals surface area contributed by atoms with Gasteiger partial charge >= 0.3 is 0 Å². The van der Waals surface area contributed by atoms with Crippen molar-refractivity contribution in [1.82, 2.24) is 9.97 Å². The van der Waals surface area contributed by atoms with Gasteiger partial charge in [0.15, 0.2) is 0 Å². The number of ether oxygens (including phenoxy) is 1. The van der Waals surface area contributed by atoms with E-state index in [1.165, 1.54) is 0 Å². The maximum atomic E-state index is 5.36. The van der Waals surface area contributed by atoms with Crippen LogP contribution in [0, 0.1) is 0 Å². The molecule has 4 nitrogen and oxygen atoms in total. The molecular formula is C16H14BrN3O. The summed E-state index contributed by atoms with van der Waals surface area (Å²) in [5.74, 6) is 1.68. The summed E-state index contributed by atoms with van der Waals surface area (Å²) in [4.78, 5) is 8.61. The van der Waals surface area contributed by atoms with E-state index in [-0.39, 0.29) is 0 Å². The number of aromatic nitrogens is 2. The summed E-state index contributed by atoms with van der Waals surface area (Å²) in [6, 6.07) is 13.9. The van der Waals surface area contributed by atoms with Gasteiger partial charge in [0.2, 0.25) is 0 Å². The number of nitrogens with zero attached hydrogens (tertiary/aromatic N) is 2. The Morgan fingerprint density at radius 3 is 2.86 bits per heavy atom. The summed E-state index contributed by atoms with van der Waals surface area (Å²) >= 11 is 3.48. The van der Waals surface area contributed by atoms with E-state index in [9.17, 15) is 0 Å². The van der Waals surface area contributed by atoms with Crippen molar-refractivity contribution in [1.29, 1.82) is 0 Å². The molecule has 0 amide bonds. The molecule has 1 aromatic heterocycles. The molecule has 0 atom stereocenters. The molecule has 106 valence electrons. The lowest BCUT2D eigenvalue weighted by Crippen LogP contribution is -2.04. The predicted molar refractivity (Wildman–Crippen MR) is 87.6 cm³/mol. The van der Waals surface area contributed by atoms with Gasteiger partial charge in [-0.1, -0.05) is 34.1 Å². The Morgan fingerprint density at radius 1 is 1.14 bits per heavy atom. The van der Waals surface area contributed by atoms with Crippen molar-refractivity contribution in [3.05, 3.63) is 58.8 Å². The van der Waals surface area contributed by atoms with Crippen LogP contribution >= 0.6 is 15.9 Å². The minimum Gasteiger partial charge on any atom is -0.496 e. The van der Waals surface area contributed by atoms with Gasteiger partial charge in [-0.15, -0.1) is 0 Å². The molecule has 0 saturated heterocycles. The molecule has 21 heavy (non-hydrogen) atoms. The third-order valence-corrected chi connectivity index (χ3v) is 3.73. The standard InChI is InChI=1S/C16H14BrN3O/c1-21-15-5-3-2-4-11(15)9-18-16-13-8-12(17)6-7-14(13)19-10-20-16/h2-8,10H,9H2,1H3,(H,18,19,20). The molecule has 0 saturated carbocycles. The maximum Gasteiger partial charge on any atom is 0.137 e. The molecule has 0 aliphatic rings. The highest BCUT2D eigenvalue weighted by atomic mass is 79.9. The molecule has 0 bridgehead atoms. The molecule has 1 N–H and O–H groups in total. The maximum absolute atomic E-state index is 5.36. The summed E-state index contributed by atoms with van der Waals surface area (Å²) < 4.78 is 6.36. The average molecular weight is 344 g/mol. The van der Waals surface area contributed by atoms with E-state index in [4.69, 9.17) is 4.74 Å². The topological polar surface area (TPSA) is 47.0 Å². The van der Waals surface area contributed by atoms with Crippen molar-refractivity contribution >= 4 is 32.7 Å². The molecule has 0 spiro atoms. The van der Waals surface area contributed by atoms with Crippen LogP contribution in [0.3, 0.4) is 0 Å². The first-order valence-electron chi connectivity index (χ1n) is 6.54. The first kappa shape index (κ1) is 13.8. The zero-order chi connectivity index (χ0) is 14.7. The third-order valence-electron chi connectivity index (χ3n) is 3.24. The van der Waals surface area contributed by atoms with Gasteiger partial charge in [0, 0.05) is 22.0 Å². The monoisotopic (exact) mass is 343 g/mol. The number of fused-ring (bicyclic) bond motifs is 1. The molecule has 0 fully saturated rings. The fourth-order valence-electron chi connectivity index (χ4n) is 2.20. The fourth-order valence-corrected chi connectivity index (χ4v) is 2.56. The molecule has 5 heteroatoms. The van der Waals surface area contributed by atoms with Crippen LogP contribution in [0.25, 0.3) is 10.9 Å². The van der Waals surface area contributed by atoms with Gasteiger partial charge in [-0.05, 0) is 24.3 Å². The summed E-state index contributed by atoms with van der Waals surface area (Å²) in [5.41, 5.74) is 2.00. The van der Waals surface area contributed by atoms with Crippen LogP contribution in [-0.2, 0) is 6.54 Å². The van der Waals surface area contributed by atoms with E-state index < -0.39 is 0 Å². The molecule has 2 aromatic carbocycles. The molecule has 0 radical (unpaired) electrons. The molecule has 0 aliphatic heterocycles. The van der Waals surface area contributed by atoms with Gasteiger partial charge in [0.25, 0.3) is 0 Å². The highest BCUT2D eigenvalue weighted by molar-refractivity contribution is 9.10. The minimum absolute atomic E-state index is 0.642. The van der Waals surface area contributed by atoms with Crippen molar-refractivity contribution in [2.75, 3.05) is 12.4 Å². The highest BCUT2D eigenvalue weighted by Gasteiger charge is 2.06. The number of para-hydroxylation sites is 1. The number of hydrogen-bond acceptors (Lipinski definition) is 4. The largest absolute Gasteiger partial charge is 0.496 e. The number of benzene rings is 2. The predicted octanol–water partition coefficient (Wildman–Crippen LogP) is 4.01. The van der Waals surface area contributed by atoms with Crippen LogP contribution in [0.4, 0.5) is 5.82 Å². The van der Waals surface area contributed by atoms with Crippen molar-refractivity contribution in [2.45, 2.75) is 6.54 Å². The van der Waals surface area contributed by atoms with Crippen molar-refractivity contribution < 1.29 is 4.74 Å². The van der Waals surface area contributed by atoms with Crippen molar-refractivity contribution in [2.24, 2.45) is 0 Å². The van der Waals surface area contributed by atoms with Crippen LogP contribution < -0.4 is 10.1 Å². The quantitative estimate of drug-likeness (QED) is 0.777. The minimum atomic E-state index is 0.642. The van der Waals surface area contributed by atoms with Crippen LogP contribution in [0.15, 0.2) is 53.3 Å². The number of anilines is 1. The number of hydrogen-bond donors (Lipinski definition) is 1. The number of nitrogens with one attached hydrogen (secondary N) is 1. The zero-order valence-electron chi connectivity index (χ0n) is 11.5. The van der Waals surface area contributed by atoms with Gasteiger partial charge in [-0.2, -0.15) is 0 Å². The van der Waals surface area contributed by atoms with Gasteiger partial charge < -0.3 is 10.1 Å². The van der Waals surface area contributed by atoms with E-state index >= 15 is 0 Å². The van der Waals surface area contributed by atoms with Gasteiger partial charge in [-0.25, -0.2) is 9.97 Å². The Kier molecular flexibility index (Phi) is 4.01. The normalized spacial score (nSPS) is 10.6. The van der Waals surface area contributed by atoms with Gasteiger partial charge in [0.05, 0.1) is 12.6 Å². The Hall–Kier alpha value is -2.14. The Balaban J connectivity index is 1.90. The molecular weight excluding hydrogens is 330 g/mol. The van der Waals surface area contributed by atoms with E-state index in [0.717, 1.165) is 32.5 Å². The molecule has 0 aliphatic carbocycles. The molecule has 3 rings (SSSR count). The summed E-state index contributed by atoms with van der Waals surface area (Å²) in [5, 5.41) is 4.34. The molecule has 3 aromatic rings. The zero-order valence-corrected chi connectivity index (χ0v) is 13.1. The van der Waals surface area contributed by atoms with Crippen LogP contribution in [0.5, 0.6) is 5.75 Å². The SMILES string of the molecule is COc1ccccc1CNc1ncnc2ccc(Br)cc12. The number of rotatable bonds is 4. The summed E-state index contributed by atoms with van der Waals surface area (Å²) in [6.07, 6.45) is 1.57. The van der Waals surface area contributed by atoms with Crippen LogP contribution in [0.2, 0.25) is 0 Å². The molecule has 0 unspecified atom stereocenters. The lowest BCUT2D eigenvalue weighted by molar-refractivity contribution is 0.410. The van der Waals surface area contributed by atoms with Crippen LogP contribution in [0.1, 0.15) is 5.56 Å². The van der Waals surface area contributed by atoms with E-state index in [2.05, 4.69) is 31.2 Å². The van der Waals surface area contributed by atoms with Crippen molar-refractivity contribution in [3.8, 4) is 5.75 Å². The lowest BCUT2D eigenvalue weighted by atomic mass is 10.2. The second-order valence-corrected chi connectivity index (χ2v) is 5.46. The van der Waals surface area contributed by atoms with E-state index in [0.29, 0.717) is 6.54 Å². The third kappa shape index (κ3) is 2.97. The van der Waals surface area contributed by atoms with E-state index in [1.807, 2.05) is 42.5 Å². The smallest absolute Gasteiger partial charge is 0.137 e. The Labute approximate surface area is 131 Å². The number of halogens is 1. The Bertz CT molecular complexity index is 776. The first-order chi connectivity index (χ1) is 10.3. The summed E-state index contributed by atoms with van der Waals surface area (Å²) in [7, 11) is 1.68. The molecule has 1 heterocycles.